The van der Waals surface area contributed by atoms with Crippen LogP contribution in [0.3, 0.4) is 0 Å². The van der Waals surface area contributed by atoms with E-state index in [2.05, 4.69) is 17.2 Å². The number of nitrogens with one attached hydrogen (secondary N) is 1. The first-order valence-electron chi connectivity index (χ1n) is 6.64. The van der Waals surface area contributed by atoms with Crippen molar-refractivity contribution in [3.05, 3.63) is 29.8 Å². The van der Waals surface area contributed by atoms with Crippen LogP contribution in [0.4, 0.5) is 4.39 Å². The lowest BCUT2D eigenvalue weighted by Crippen LogP contribution is -2.23. The molecule has 1 aliphatic carbocycles. The number of halogens is 1. The summed E-state index contributed by atoms with van der Waals surface area (Å²) in [5, 5.41) is 3.46. The number of nitrogens with zero attached hydrogens (tertiary/aromatic N) is 1. The molecule has 2 nitrogen and oxygen atoms in total. The van der Waals surface area contributed by atoms with Crippen molar-refractivity contribution in [2.75, 3.05) is 6.54 Å². The molecule has 1 N–H and O–H groups in total. The van der Waals surface area contributed by atoms with Gasteiger partial charge < -0.3 is 5.32 Å². The third-order valence-corrected chi connectivity index (χ3v) is 3.60. The fourth-order valence-corrected chi connectivity index (χ4v) is 2.73. The molecule has 0 amide bonds. The first kappa shape index (κ1) is 12.5. The van der Waals surface area contributed by atoms with E-state index in [1.54, 1.807) is 6.07 Å². The molecule has 1 aromatic rings. The highest BCUT2D eigenvalue weighted by Crippen LogP contribution is 2.32. The van der Waals surface area contributed by atoms with Crippen LogP contribution in [0.15, 0.2) is 18.3 Å². The Balaban J connectivity index is 2.02. The molecule has 1 heterocycles. The third-order valence-electron chi connectivity index (χ3n) is 3.60. The predicted octanol–water partition coefficient (Wildman–Crippen LogP) is 3.45. The minimum absolute atomic E-state index is 0.259. The SMILES string of the molecule is CCNC(CC1CCCC1)c1ccc(F)cn1. The van der Waals surface area contributed by atoms with Gasteiger partial charge in [-0.05, 0) is 31.0 Å². The molecule has 1 atom stereocenters. The van der Waals surface area contributed by atoms with Gasteiger partial charge in [0.25, 0.3) is 0 Å². The Morgan fingerprint density at radius 3 is 2.76 bits per heavy atom. The van der Waals surface area contributed by atoms with Crippen molar-refractivity contribution in [1.82, 2.24) is 10.3 Å². The molecule has 0 aliphatic heterocycles. The van der Waals surface area contributed by atoms with E-state index in [4.69, 9.17) is 0 Å². The zero-order chi connectivity index (χ0) is 12.1. The Morgan fingerprint density at radius 2 is 2.18 bits per heavy atom. The van der Waals surface area contributed by atoms with E-state index in [1.165, 1.54) is 37.9 Å². The van der Waals surface area contributed by atoms with Crippen molar-refractivity contribution in [3.63, 3.8) is 0 Å². The molecule has 1 saturated carbocycles. The lowest BCUT2D eigenvalue weighted by Gasteiger charge is -2.20. The molecule has 0 spiro atoms. The van der Waals surface area contributed by atoms with Gasteiger partial charge in [0.1, 0.15) is 5.82 Å². The number of hydrogen-bond acceptors (Lipinski definition) is 2. The lowest BCUT2D eigenvalue weighted by atomic mass is 9.96. The van der Waals surface area contributed by atoms with E-state index in [-0.39, 0.29) is 11.9 Å². The molecule has 17 heavy (non-hydrogen) atoms. The van der Waals surface area contributed by atoms with Crippen LogP contribution < -0.4 is 5.32 Å². The van der Waals surface area contributed by atoms with Crippen molar-refractivity contribution in [3.8, 4) is 0 Å². The van der Waals surface area contributed by atoms with Gasteiger partial charge in [-0.2, -0.15) is 0 Å². The monoisotopic (exact) mass is 236 g/mol. The molecular formula is C14H21FN2. The van der Waals surface area contributed by atoms with Crippen molar-refractivity contribution >= 4 is 0 Å². The summed E-state index contributed by atoms with van der Waals surface area (Å²) in [4.78, 5) is 4.20. The molecular weight excluding hydrogens is 215 g/mol. The summed E-state index contributed by atoms with van der Waals surface area (Å²) in [6.45, 7) is 3.03. The largest absolute Gasteiger partial charge is 0.309 e. The fraction of sp³-hybridized carbons (Fsp3) is 0.643. The summed E-state index contributed by atoms with van der Waals surface area (Å²) in [5.74, 6) is 0.552. The average Bonchev–Trinajstić information content (AvgIpc) is 2.82. The summed E-state index contributed by atoms with van der Waals surface area (Å²) >= 11 is 0. The number of hydrogen-bond donors (Lipinski definition) is 1. The van der Waals surface area contributed by atoms with Gasteiger partial charge >= 0.3 is 0 Å². The van der Waals surface area contributed by atoms with Crippen LogP contribution in [0, 0.1) is 11.7 Å². The maximum absolute atomic E-state index is 12.9. The molecule has 0 aromatic carbocycles. The van der Waals surface area contributed by atoms with Crippen LogP contribution in [0.5, 0.6) is 0 Å². The highest BCUT2D eigenvalue weighted by atomic mass is 19.1. The molecule has 2 rings (SSSR count). The molecule has 1 fully saturated rings. The second-order valence-corrected chi connectivity index (χ2v) is 4.90. The number of pyridine rings is 1. The molecule has 0 bridgehead atoms. The van der Waals surface area contributed by atoms with E-state index >= 15 is 0 Å². The molecule has 0 radical (unpaired) electrons. The van der Waals surface area contributed by atoms with Gasteiger partial charge in [-0.1, -0.05) is 32.6 Å². The van der Waals surface area contributed by atoms with Crippen LogP contribution in [-0.2, 0) is 0 Å². The molecule has 1 unspecified atom stereocenters. The normalized spacial score (nSPS) is 18.5. The minimum Gasteiger partial charge on any atom is -0.309 e. The summed E-state index contributed by atoms with van der Waals surface area (Å²) in [5.41, 5.74) is 0.972. The number of rotatable bonds is 5. The predicted molar refractivity (Wildman–Crippen MR) is 67.2 cm³/mol. The smallest absolute Gasteiger partial charge is 0.141 e. The summed E-state index contributed by atoms with van der Waals surface area (Å²) in [6.07, 6.45) is 7.84. The van der Waals surface area contributed by atoms with Gasteiger partial charge in [-0.3, -0.25) is 4.98 Å². The van der Waals surface area contributed by atoms with Crippen LogP contribution in [0.25, 0.3) is 0 Å². The van der Waals surface area contributed by atoms with E-state index in [9.17, 15) is 4.39 Å². The van der Waals surface area contributed by atoms with E-state index in [1.807, 2.05) is 0 Å². The maximum Gasteiger partial charge on any atom is 0.141 e. The highest BCUT2D eigenvalue weighted by Gasteiger charge is 2.21. The van der Waals surface area contributed by atoms with Crippen molar-refractivity contribution < 1.29 is 4.39 Å². The highest BCUT2D eigenvalue weighted by molar-refractivity contribution is 5.10. The summed E-state index contributed by atoms with van der Waals surface area (Å²) < 4.78 is 12.9. The number of aromatic nitrogens is 1. The van der Waals surface area contributed by atoms with Crippen molar-refractivity contribution in [1.29, 1.82) is 0 Å². The van der Waals surface area contributed by atoms with Crippen LogP contribution in [0.1, 0.15) is 50.8 Å². The van der Waals surface area contributed by atoms with Gasteiger partial charge in [0.15, 0.2) is 0 Å². The Labute approximate surface area is 103 Å². The Morgan fingerprint density at radius 1 is 1.41 bits per heavy atom. The second kappa shape index (κ2) is 6.10. The lowest BCUT2D eigenvalue weighted by molar-refractivity contribution is 0.394. The molecule has 1 aliphatic rings. The minimum atomic E-state index is -0.259. The average molecular weight is 236 g/mol. The van der Waals surface area contributed by atoms with Crippen LogP contribution in [-0.4, -0.2) is 11.5 Å². The van der Waals surface area contributed by atoms with Crippen LogP contribution >= 0.6 is 0 Å². The fourth-order valence-electron chi connectivity index (χ4n) is 2.73. The van der Waals surface area contributed by atoms with Gasteiger partial charge in [0.05, 0.1) is 11.9 Å². The molecule has 3 heteroatoms. The van der Waals surface area contributed by atoms with Crippen LogP contribution in [0.2, 0.25) is 0 Å². The molecule has 1 aromatic heterocycles. The van der Waals surface area contributed by atoms with Gasteiger partial charge in [-0.15, -0.1) is 0 Å². The zero-order valence-electron chi connectivity index (χ0n) is 10.5. The Hall–Kier alpha value is -0.960. The van der Waals surface area contributed by atoms with Gasteiger partial charge in [-0.25, -0.2) is 4.39 Å². The van der Waals surface area contributed by atoms with Gasteiger partial charge in [0, 0.05) is 6.04 Å². The summed E-state index contributed by atoms with van der Waals surface area (Å²) in [7, 11) is 0. The Kier molecular flexibility index (Phi) is 4.49. The molecule has 0 saturated heterocycles. The zero-order valence-corrected chi connectivity index (χ0v) is 10.5. The van der Waals surface area contributed by atoms with Crippen molar-refractivity contribution in [2.24, 2.45) is 5.92 Å². The van der Waals surface area contributed by atoms with Gasteiger partial charge in [0.2, 0.25) is 0 Å². The first-order valence-corrected chi connectivity index (χ1v) is 6.64. The van der Waals surface area contributed by atoms with Crippen molar-refractivity contribution in [2.45, 2.75) is 45.1 Å². The summed E-state index contributed by atoms with van der Waals surface area (Å²) in [6, 6.07) is 3.59. The maximum atomic E-state index is 12.9. The third kappa shape index (κ3) is 3.50. The van der Waals surface area contributed by atoms with E-state index < -0.39 is 0 Å². The van der Waals surface area contributed by atoms with E-state index in [0.29, 0.717) is 0 Å². The molecule has 94 valence electrons. The first-order chi connectivity index (χ1) is 8.29. The van der Waals surface area contributed by atoms with E-state index in [0.717, 1.165) is 24.6 Å². The quantitative estimate of drug-likeness (QED) is 0.847. The topological polar surface area (TPSA) is 24.9 Å². The standard InChI is InChI=1S/C14H21FN2/c1-2-16-14(9-11-5-3-4-6-11)13-8-7-12(15)10-17-13/h7-8,10-11,14,16H,2-6,9H2,1H3. The Bertz CT molecular complexity index is 331. The second-order valence-electron chi connectivity index (χ2n) is 4.90.